The standard InChI is InChI=1S/C24H30N2O4S/c1-31(29,30)26-17-24(21-9-5-6-10-22(21)26)13-11-19(12-14-24)23(28)25-20(16-27)15-18-7-3-2-4-8-18/h2-10,19-20,27H,11-17H2,1H3,(H,25,28). The van der Waals surface area contributed by atoms with E-state index in [0.717, 1.165) is 29.7 Å². The second-order valence-corrected chi connectivity index (χ2v) is 10.8. The molecule has 1 amide bonds. The maximum atomic E-state index is 12.9. The van der Waals surface area contributed by atoms with Gasteiger partial charge in [0, 0.05) is 17.9 Å². The van der Waals surface area contributed by atoms with Crippen molar-refractivity contribution in [2.24, 2.45) is 5.92 Å². The summed E-state index contributed by atoms with van der Waals surface area (Å²) in [7, 11) is -3.34. The van der Waals surface area contributed by atoms with Gasteiger partial charge in [0.15, 0.2) is 0 Å². The zero-order valence-corrected chi connectivity index (χ0v) is 18.6. The van der Waals surface area contributed by atoms with Crippen molar-refractivity contribution in [2.45, 2.75) is 43.6 Å². The molecule has 2 N–H and O–H groups in total. The summed E-state index contributed by atoms with van der Waals surface area (Å²) in [6.07, 6.45) is 4.82. The fraction of sp³-hybridized carbons (Fsp3) is 0.458. The minimum atomic E-state index is -3.34. The number of benzene rings is 2. The average Bonchev–Trinajstić information content (AvgIpc) is 3.09. The lowest BCUT2D eigenvalue weighted by atomic mass is 9.67. The van der Waals surface area contributed by atoms with Crippen LogP contribution in [0.4, 0.5) is 5.69 Å². The minimum absolute atomic E-state index is 0.0175. The number of rotatable bonds is 6. The van der Waals surface area contributed by atoms with Crippen LogP contribution in [0.1, 0.15) is 36.8 Å². The summed E-state index contributed by atoms with van der Waals surface area (Å²) in [5.74, 6) is -0.133. The van der Waals surface area contributed by atoms with E-state index in [4.69, 9.17) is 0 Å². The zero-order valence-electron chi connectivity index (χ0n) is 17.8. The first-order chi connectivity index (χ1) is 14.8. The van der Waals surface area contributed by atoms with Crippen LogP contribution in [-0.2, 0) is 26.7 Å². The van der Waals surface area contributed by atoms with Gasteiger partial charge in [-0.25, -0.2) is 8.42 Å². The van der Waals surface area contributed by atoms with Crippen LogP contribution in [0.15, 0.2) is 54.6 Å². The van der Waals surface area contributed by atoms with Gasteiger partial charge in [-0.05, 0) is 49.3 Å². The summed E-state index contributed by atoms with van der Waals surface area (Å²) in [5.41, 5.74) is 2.71. The molecule has 1 saturated carbocycles. The van der Waals surface area contributed by atoms with Crippen LogP contribution < -0.4 is 9.62 Å². The number of hydrogen-bond acceptors (Lipinski definition) is 4. The normalized spacial score (nSPS) is 24.1. The number of nitrogens with zero attached hydrogens (tertiary/aromatic N) is 1. The average molecular weight is 443 g/mol. The molecule has 4 rings (SSSR count). The van der Waals surface area contributed by atoms with Crippen molar-refractivity contribution >= 4 is 21.6 Å². The highest BCUT2D eigenvalue weighted by molar-refractivity contribution is 7.92. The Hall–Kier alpha value is -2.38. The van der Waals surface area contributed by atoms with Gasteiger partial charge in [-0.2, -0.15) is 0 Å². The summed E-state index contributed by atoms with van der Waals surface area (Å²) in [6.45, 7) is 0.348. The quantitative estimate of drug-likeness (QED) is 0.720. The topological polar surface area (TPSA) is 86.7 Å². The number of hydrogen-bond donors (Lipinski definition) is 2. The van der Waals surface area contributed by atoms with Crippen LogP contribution in [0.2, 0.25) is 0 Å². The number of sulfonamides is 1. The predicted octanol–water partition coefficient (Wildman–Crippen LogP) is 2.61. The van der Waals surface area contributed by atoms with Gasteiger partial charge in [-0.3, -0.25) is 9.10 Å². The molecule has 7 heteroatoms. The van der Waals surface area contributed by atoms with E-state index in [0.29, 0.717) is 25.8 Å². The third-order valence-corrected chi connectivity index (χ3v) is 7.92. The monoisotopic (exact) mass is 442 g/mol. The van der Waals surface area contributed by atoms with Gasteiger partial charge in [0.2, 0.25) is 15.9 Å². The highest BCUT2D eigenvalue weighted by Crippen LogP contribution is 2.50. The van der Waals surface area contributed by atoms with Crippen molar-refractivity contribution in [1.82, 2.24) is 5.32 Å². The second-order valence-electron chi connectivity index (χ2n) is 8.92. The Balaban J connectivity index is 1.42. The Labute approximate surface area is 184 Å². The number of para-hydroxylation sites is 1. The molecule has 1 spiro atoms. The molecule has 2 aliphatic rings. The third kappa shape index (κ3) is 4.48. The number of amides is 1. The Morgan fingerprint density at radius 3 is 2.42 bits per heavy atom. The van der Waals surface area contributed by atoms with Crippen molar-refractivity contribution < 1.29 is 18.3 Å². The Kier molecular flexibility index (Phi) is 6.08. The van der Waals surface area contributed by atoms with Crippen molar-refractivity contribution in [3.63, 3.8) is 0 Å². The lowest BCUT2D eigenvalue weighted by Crippen LogP contribution is -2.45. The number of nitrogens with one attached hydrogen (secondary N) is 1. The van der Waals surface area contributed by atoms with E-state index < -0.39 is 10.0 Å². The highest BCUT2D eigenvalue weighted by atomic mass is 32.2. The van der Waals surface area contributed by atoms with Crippen LogP contribution in [0.3, 0.4) is 0 Å². The predicted molar refractivity (Wildman–Crippen MR) is 121 cm³/mol. The maximum absolute atomic E-state index is 12.9. The van der Waals surface area contributed by atoms with Crippen molar-refractivity contribution in [3.05, 3.63) is 65.7 Å². The fourth-order valence-electron chi connectivity index (χ4n) is 5.12. The molecule has 1 fully saturated rings. The van der Waals surface area contributed by atoms with Crippen LogP contribution >= 0.6 is 0 Å². The second kappa shape index (κ2) is 8.63. The van der Waals surface area contributed by atoms with Gasteiger partial charge in [0.25, 0.3) is 0 Å². The number of carbonyl (C=O) groups is 1. The summed E-state index contributed by atoms with van der Waals surface area (Å²) >= 11 is 0. The molecule has 166 valence electrons. The fourth-order valence-corrected chi connectivity index (χ4v) is 6.12. The zero-order chi connectivity index (χ0) is 22.1. The summed E-state index contributed by atoms with van der Waals surface area (Å²) in [4.78, 5) is 12.9. The number of carbonyl (C=O) groups excluding carboxylic acids is 1. The summed E-state index contributed by atoms with van der Waals surface area (Å²) in [5, 5.41) is 12.8. The van der Waals surface area contributed by atoms with E-state index in [9.17, 15) is 18.3 Å². The van der Waals surface area contributed by atoms with E-state index in [2.05, 4.69) is 5.32 Å². The maximum Gasteiger partial charge on any atom is 0.232 e. The van der Waals surface area contributed by atoms with Gasteiger partial charge >= 0.3 is 0 Å². The molecule has 1 atom stereocenters. The molecule has 0 saturated heterocycles. The van der Waals surface area contributed by atoms with Gasteiger partial charge in [-0.15, -0.1) is 0 Å². The van der Waals surface area contributed by atoms with Crippen LogP contribution in [0.5, 0.6) is 0 Å². The van der Waals surface area contributed by atoms with Gasteiger partial charge < -0.3 is 10.4 Å². The molecule has 0 bridgehead atoms. The summed E-state index contributed by atoms with van der Waals surface area (Å²) < 4.78 is 26.2. The molecule has 2 aromatic rings. The number of aliphatic hydroxyl groups is 1. The first kappa shape index (κ1) is 21.8. The molecule has 6 nitrogen and oxygen atoms in total. The summed E-state index contributed by atoms with van der Waals surface area (Å²) in [6, 6.07) is 17.3. The molecular formula is C24H30N2O4S. The SMILES string of the molecule is CS(=O)(=O)N1CC2(CCC(C(=O)NC(CO)Cc3ccccc3)CC2)c2ccccc21. The molecule has 1 aliphatic carbocycles. The molecule has 2 aromatic carbocycles. The first-order valence-corrected chi connectivity index (χ1v) is 12.7. The van der Waals surface area contributed by atoms with Crippen LogP contribution in [0.25, 0.3) is 0 Å². The van der Waals surface area contributed by atoms with E-state index in [1.54, 1.807) is 0 Å². The van der Waals surface area contributed by atoms with E-state index >= 15 is 0 Å². The molecule has 0 radical (unpaired) electrons. The molecule has 0 aromatic heterocycles. The van der Waals surface area contributed by atoms with Crippen molar-refractivity contribution in [1.29, 1.82) is 0 Å². The van der Waals surface area contributed by atoms with E-state index in [1.807, 2.05) is 54.6 Å². The number of anilines is 1. The van der Waals surface area contributed by atoms with Gasteiger partial charge in [0.05, 0.1) is 24.6 Å². The molecule has 1 unspecified atom stereocenters. The minimum Gasteiger partial charge on any atom is -0.394 e. The first-order valence-electron chi connectivity index (χ1n) is 10.8. The van der Waals surface area contributed by atoms with Gasteiger partial charge in [0.1, 0.15) is 0 Å². The number of aliphatic hydroxyl groups excluding tert-OH is 1. The largest absolute Gasteiger partial charge is 0.394 e. The van der Waals surface area contributed by atoms with Crippen LogP contribution in [0, 0.1) is 5.92 Å². The third-order valence-electron chi connectivity index (χ3n) is 6.80. The van der Waals surface area contributed by atoms with Gasteiger partial charge in [-0.1, -0.05) is 48.5 Å². The molecule has 31 heavy (non-hydrogen) atoms. The van der Waals surface area contributed by atoms with E-state index in [-0.39, 0.29) is 29.9 Å². The van der Waals surface area contributed by atoms with Crippen molar-refractivity contribution in [3.8, 4) is 0 Å². The number of fused-ring (bicyclic) bond motifs is 2. The Morgan fingerprint density at radius 1 is 1.13 bits per heavy atom. The molecule has 1 heterocycles. The van der Waals surface area contributed by atoms with E-state index in [1.165, 1.54) is 10.6 Å². The highest BCUT2D eigenvalue weighted by Gasteiger charge is 2.47. The molecular weight excluding hydrogens is 412 g/mol. The van der Waals surface area contributed by atoms with Crippen molar-refractivity contribution in [2.75, 3.05) is 23.7 Å². The smallest absolute Gasteiger partial charge is 0.232 e. The Bertz CT molecular complexity index is 1030. The lowest BCUT2D eigenvalue weighted by molar-refractivity contribution is -0.127. The van der Waals surface area contributed by atoms with Crippen LogP contribution in [-0.4, -0.2) is 44.9 Å². The Morgan fingerprint density at radius 2 is 1.77 bits per heavy atom. The lowest BCUT2D eigenvalue weighted by Gasteiger charge is -2.37. The molecule has 1 aliphatic heterocycles.